The summed E-state index contributed by atoms with van der Waals surface area (Å²) in [5, 5.41) is 10.3. The Kier molecular flexibility index (Phi) is 5.02. The molecule has 0 spiro atoms. The molecule has 3 nitrogen and oxygen atoms in total. The molecule has 0 saturated carbocycles. The number of carbonyl (C=O) groups is 1. The van der Waals surface area contributed by atoms with Crippen molar-refractivity contribution >= 4 is 11.9 Å². The number of carbonyl (C=O) groups excluding carboxylic acids is 1. The highest BCUT2D eigenvalue weighted by Crippen LogP contribution is 2.37. The van der Waals surface area contributed by atoms with Gasteiger partial charge >= 0.3 is 0 Å². The maximum absolute atomic E-state index is 13.2. The van der Waals surface area contributed by atoms with Crippen molar-refractivity contribution < 1.29 is 23.4 Å². The number of rotatable bonds is 4. The SMILES string of the molecule is COc1c(C)c(C)c(C)c(O)c1C(=O)/C=C/c1ccc(F)c(F)c1. The molecular weight excluding hydrogens is 314 g/mol. The van der Waals surface area contributed by atoms with Gasteiger partial charge in [0.2, 0.25) is 0 Å². The topological polar surface area (TPSA) is 46.5 Å². The lowest BCUT2D eigenvalue weighted by atomic mass is 9.95. The first kappa shape index (κ1) is 17.7. The molecule has 2 aromatic rings. The van der Waals surface area contributed by atoms with Crippen molar-refractivity contribution in [2.24, 2.45) is 0 Å². The molecule has 0 aliphatic heterocycles. The summed E-state index contributed by atoms with van der Waals surface area (Å²) >= 11 is 0. The number of methoxy groups -OCH3 is 1. The zero-order valence-electron chi connectivity index (χ0n) is 13.9. The second-order valence-corrected chi connectivity index (χ2v) is 5.50. The molecule has 0 unspecified atom stereocenters. The van der Waals surface area contributed by atoms with E-state index in [1.165, 1.54) is 25.3 Å². The number of ether oxygens (including phenoxy) is 1. The van der Waals surface area contributed by atoms with E-state index in [4.69, 9.17) is 4.74 Å². The van der Waals surface area contributed by atoms with Gasteiger partial charge in [0.1, 0.15) is 17.1 Å². The smallest absolute Gasteiger partial charge is 0.193 e. The van der Waals surface area contributed by atoms with E-state index < -0.39 is 17.4 Å². The maximum atomic E-state index is 13.2. The minimum atomic E-state index is -0.993. The van der Waals surface area contributed by atoms with Gasteiger partial charge in [-0.3, -0.25) is 4.79 Å². The molecule has 0 radical (unpaired) electrons. The van der Waals surface area contributed by atoms with Crippen molar-refractivity contribution in [3.8, 4) is 11.5 Å². The van der Waals surface area contributed by atoms with E-state index in [-0.39, 0.29) is 11.3 Å². The van der Waals surface area contributed by atoms with Crippen LogP contribution in [0.4, 0.5) is 8.78 Å². The van der Waals surface area contributed by atoms with E-state index in [9.17, 15) is 18.7 Å². The van der Waals surface area contributed by atoms with E-state index in [0.717, 1.165) is 23.3 Å². The number of hydrogen-bond acceptors (Lipinski definition) is 3. The van der Waals surface area contributed by atoms with Gasteiger partial charge in [0.25, 0.3) is 0 Å². The van der Waals surface area contributed by atoms with Gasteiger partial charge in [-0.25, -0.2) is 8.78 Å². The Bertz CT molecular complexity index is 839. The third kappa shape index (κ3) is 3.15. The van der Waals surface area contributed by atoms with Crippen molar-refractivity contribution in [1.29, 1.82) is 0 Å². The lowest BCUT2D eigenvalue weighted by Crippen LogP contribution is -2.05. The summed E-state index contributed by atoms with van der Waals surface area (Å²) in [5.41, 5.74) is 2.58. The van der Waals surface area contributed by atoms with Gasteiger partial charge in [0.05, 0.1) is 7.11 Å². The Morgan fingerprint density at radius 3 is 2.33 bits per heavy atom. The fraction of sp³-hybridized carbons (Fsp3) is 0.211. The molecule has 0 bridgehead atoms. The summed E-state index contributed by atoms with van der Waals surface area (Å²) in [7, 11) is 1.42. The highest BCUT2D eigenvalue weighted by molar-refractivity contribution is 6.11. The van der Waals surface area contributed by atoms with E-state index in [2.05, 4.69) is 0 Å². The number of halogens is 2. The van der Waals surface area contributed by atoms with Crippen molar-refractivity contribution in [3.63, 3.8) is 0 Å². The van der Waals surface area contributed by atoms with Crippen LogP contribution >= 0.6 is 0 Å². The fourth-order valence-electron chi connectivity index (χ4n) is 2.47. The first-order valence-corrected chi connectivity index (χ1v) is 7.32. The minimum absolute atomic E-state index is 0.0527. The van der Waals surface area contributed by atoms with Crippen molar-refractivity contribution in [3.05, 3.63) is 63.7 Å². The summed E-state index contributed by atoms with van der Waals surface area (Å²) in [6.07, 6.45) is 2.55. The molecule has 126 valence electrons. The van der Waals surface area contributed by atoms with Crippen LogP contribution in [-0.4, -0.2) is 18.0 Å². The molecule has 1 N–H and O–H groups in total. The number of phenols is 1. The summed E-state index contributed by atoms with van der Waals surface area (Å²) < 4.78 is 31.4. The van der Waals surface area contributed by atoms with Gasteiger partial charge in [-0.15, -0.1) is 0 Å². The van der Waals surface area contributed by atoms with Crippen molar-refractivity contribution in [2.75, 3.05) is 7.11 Å². The molecule has 24 heavy (non-hydrogen) atoms. The zero-order chi connectivity index (χ0) is 18.0. The number of phenolic OH excluding ortho intramolecular Hbond substituents is 1. The summed E-state index contributed by atoms with van der Waals surface area (Å²) in [6, 6.07) is 3.32. The first-order chi connectivity index (χ1) is 11.3. The van der Waals surface area contributed by atoms with Gasteiger partial charge in [-0.2, -0.15) is 0 Å². The Hall–Kier alpha value is -2.69. The molecule has 0 fully saturated rings. The van der Waals surface area contributed by atoms with Crippen LogP contribution in [0, 0.1) is 32.4 Å². The lowest BCUT2D eigenvalue weighted by Gasteiger charge is -2.16. The predicted octanol–water partition coefficient (Wildman–Crippen LogP) is 4.50. The molecule has 0 amide bonds. The normalized spacial score (nSPS) is 11.1. The highest BCUT2D eigenvalue weighted by atomic mass is 19.2. The van der Waals surface area contributed by atoms with Crippen LogP contribution < -0.4 is 4.74 Å². The predicted molar refractivity (Wildman–Crippen MR) is 88.6 cm³/mol. The monoisotopic (exact) mass is 332 g/mol. The number of hydrogen-bond donors (Lipinski definition) is 1. The lowest BCUT2D eigenvalue weighted by molar-refractivity contribution is 0.104. The van der Waals surface area contributed by atoms with Gasteiger partial charge < -0.3 is 9.84 Å². The second-order valence-electron chi connectivity index (χ2n) is 5.50. The average Bonchev–Trinajstić information content (AvgIpc) is 2.56. The molecule has 0 aliphatic rings. The van der Waals surface area contributed by atoms with Crippen LogP contribution in [0.2, 0.25) is 0 Å². The summed E-state index contributed by atoms with van der Waals surface area (Å²) in [5.74, 6) is -2.28. The number of aromatic hydroxyl groups is 1. The standard InChI is InChI=1S/C19H18F2O3/c1-10-11(2)18(23)17(19(24-4)12(10)3)16(22)8-6-13-5-7-14(20)15(21)9-13/h5-9,23H,1-4H3/b8-6+. The van der Waals surface area contributed by atoms with Crippen LogP contribution in [0.5, 0.6) is 11.5 Å². The molecule has 2 aromatic carbocycles. The second kappa shape index (κ2) is 6.83. The summed E-state index contributed by atoms with van der Waals surface area (Å²) in [6.45, 7) is 5.35. The van der Waals surface area contributed by atoms with Crippen LogP contribution in [0.15, 0.2) is 24.3 Å². The fourth-order valence-corrected chi connectivity index (χ4v) is 2.47. The molecular formula is C19H18F2O3. The molecule has 0 aliphatic carbocycles. The quantitative estimate of drug-likeness (QED) is 0.662. The van der Waals surface area contributed by atoms with Gasteiger partial charge in [0, 0.05) is 0 Å². The third-order valence-electron chi connectivity index (χ3n) is 4.11. The van der Waals surface area contributed by atoms with Crippen molar-refractivity contribution in [2.45, 2.75) is 20.8 Å². The van der Waals surface area contributed by atoms with E-state index in [1.807, 2.05) is 6.92 Å². The Morgan fingerprint density at radius 2 is 1.75 bits per heavy atom. The first-order valence-electron chi connectivity index (χ1n) is 7.32. The molecule has 2 rings (SSSR count). The Labute approximate surface area is 139 Å². The van der Waals surface area contributed by atoms with Gasteiger partial charge in [-0.05, 0) is 61.2 Å². The maximum Gasteiger partial charge on any atom is 0.193 e. The van der Waals surface area contributed by atoms with Crippen LogP contribution in [-0.2, 0) is 0 Å². The molecule has 0 heterocycles. The molecule has 0 atom stereocenters. The van der Waals surface area contributed by atoms with Crippen molar-refractivity contribution in [1.82, 2.24) is 0 Å². The summed E-state index contributed by atoms with van der Waals surface area (Å²) in [4.78, 5) is 12.5. The van der Waals surface area contributed by atoms with E-state index in [0.29, 0.717) is 16.9 Å². The van der Waals surface area contributed by atoms with E-state index >= 15 is 0 Å². The molecule has 0 aromatic heterocycles. The van der Waals surface area contributed by atoms with Gasteiger partial charge in [0.15, 0.2) is 17.4 Å². The van der Waals surface area contributed by atoms with Crippen LogP contribution in [0.25, 0.3) is 6.08 Å². The average molecular weight is 332 g/mol. The number of benzene rings is 2. The third-order valence-corrected chi connectivity index (χ3v) is 4.11. The zero-order valence-corrected chi connectivity index (χ0v) is 13.9. The van der Waals surface area contributed by atoms with Crippen LogP contribution in [0.1, 0.15) is 32.6 Å². The Morgan fingerprint density at radius 1 is 1.08 bits per heavy atom. The van der Waals surface area contributed by atoms with Crippen LogP contribution in [0.3, 0.4) is 0 Å². The number of allylic oxidation sites excluding steroid dienone is 1. The minimum Gasteiger partial charge on any atom is -0.507 e. The van der Waals surface area contributed by atoms with Gasteiger partial charge in [-0.1, -0.05) is 12.1 Å². The largest absolute Gasteiger partial charge is 0.507 e. The highest BCUT2D eigenvalue weighted by Gasteiger charge is 2.22. The molecule has 5 heteroatoms. The molecule has 0 saturated heterocycles. The Balaban J connectivity index is 2.46. The van der Waals surface area contributed by atoms with E-state index in [1.54, 1.807) is 13.8 Å². The number of ketones is 1.